The molecule has 3 aromatic rings. The van der Waals surface area contributed by atoms with Crippen molar-refractivity contribution in [2.24, 2.45) is 0 Å². The average Bonchev–Trinajstić information content (AvgIpc) is 2.70. The molecule has 0 fully saturated rings. The fourth-order valence-corrected chi connectivity index (χ4v) is 3.14. The van der Waals surface area contributed by atoms with E-state index in [1.807, 2.05) is 48.5 Å². The summed E-state index contributed by atoms with van der Waals surface area (Å²) in [6.07, 6.45) is 5.19. The van der Waals surface area contributed by atoms with Gasteiger partial charge >= 0.3 is 0 Å². The monoisotopic (exact) mass is 348 g/mol. The van der Waals surface area contributed by atoms with Gasteiger partial charge in [0.1, 0.15) is 11.5 Å². The molecule has 0 aliphatic carbocycles. The summed E-state index contributed by atoms with van der Waals surface area (Å²) in [6.45, 7) is 0.683. The number of methoxy groups -OCH3 is 1. The highest BCUT2D eigenvalue weighted by Crippen LogP contribution is 2.28. The molecule has 134 valence electrons. The zero-order valence-electron chi connectivity index (χ0n) is 15.1. The van der Waals surface area contributed by atoms with Crippen molar-refractivity contribution in [2.45, 2.75) is 25.7 Å². The van der Waals surface area contributed by atoms with Crippen LogP contribution < -0.4 is 9.47 Å². The summed E-state index contributed by atoms with van der Waals surface area (Å²) in [5.74, 6) is 1.76. The number of hydrogen-bond donors (Lipinski definition) is 0. The van der Waals surface area contributed by atoms with E-state index in [1.165, 1.54) is 5.56 Å². The third kappa shape index (κ3) is 4.42. The van der Waals surface area contributed by atoms with Crippen LogP contribution in [-0.2, 0) is 6.42 Å². The third-order valence-corrected chi connectivity index (χ3v) is 4.55. The number of hydrogen-bond acceptors (Lipinski definition) is 3. The van der Waals surface area contributed by atoms with Gasteiger partial charge in [-0.05, 0) is 60.9 Å². The van der Waals surface area contributed by atoms with Gasteiger partial charge in [-0.15, -0.1) is 0 Å². The van der Waals surface area contributed by atoms with Gasteiger partial charge in [0.25, 0.3) is 0 Å². The van der Waals surface area contributed by atoms with Gasteiger partial charge in [0.05, 0.1) is 13.7 Å². The van der Waals surface area contributed by atoms with E-state index in [0.29, 0.717) is 12.2 Å². The number of rotatable bonds is 9. The Kier molecular flexibility index (Phi) is 6.26. The minimum absolute atomic E-state index is 0.683. The number of aryl methyl sites for hydroxylation is 1. The van der Waals surface area contributed by atoms with Crippen LogP contribution in [0, 0.1) is 0 Å². The first-order chi connectivity index (χ1) is 12.8. The Morgan fingerprint density at radius 3 is 2.54 bits per heavy atom. The van der Waals surface area contributed by atoms with Crippen LogP contribution in [0.1, 0.15) is 35.2 Å². The predicted octanol–water partition coefficient (Wildman–Crippen LogP) is 5.45. The lowest BCUT2D eigenvalue weighted by Gasteiger charge is -2.10. The van der Waals surface area contributed by atoms with Crippen molar-refractivity contribution in [3.05, 3.63) is 71.8 Å². The second kappa shape index (κ2) is 9.04. The summed E-state index contributed by atoms with van der Waals surface area (Å²) in [5, 5.41) is 1.94. The Labute approximate surface area is 154 Å². The van der Waals surface area contributed by atoms with Crippen molar-refractivity contribution in [1.82, 2.24) is 0 Å². The van der Waals surface area contributed by atoms with Crippen LogP contribution in [0.3, 0.4) is 0 Å². The first-order valence-corrected chi connectivity index (χ1v) is 9.04. The van der Waals surface area contributed by atoms with Crippen LogP contribution in [0.5, 0.6) is 11.5 Å². The fourth-order valence-electron chi connectivity index (χ4n) is 3.14. The summed E-state index contributed by atoms with van der Waals surface area (Å²) in [7, 11) is 1.70. The van der Waals surface area contributed by atoms with Gasteiger partial charge in [0.15, 0.2) is 6.29 Å². The molecule has 0 aliphatic heterocycles. The van der Waals surface area contributed by atoms with Crippen LogP contribution in [-0.4, -0.2) is 20.0 Å². The van der Waals surface area contributed by atoms with Crippen molar-refractivity contribution < 1.29 is 14.3 Å². The molecule has 0 atom stereocenters. The molecule has 3 heteroatoms. The second-order valence-electron chi connectivity index (χ2n) is 6.33. The number of ether oxygens (including phenoxy) is 2. The Bertz CT molecular complexity index is 870. The Balaban J connectivity index is 1.48. The number of carbonyl (C=O) groups excluding carboxylic acids is 1. The lowest BCUT2D eigenvalue weighted by Crippen LogP contribution is -1.99. The third-order valence-electron chi connectivity index (χ3n) is 4.55. The number of unbranched alkanes of at least 4 members (excludes halogenated alkanes) is 2. The smallest absolute Gasteiger partial charge is 0.150 e. The van der Waals surface area contributed by atoms with Crippen LogP contribution in [0.25, 0.3) is 10.8 Å². The maximum atomic E-state index is 11.2. The highest BCUT2D eigenvalue weighted by Gasteiger charge is 2.06. The maximum absolute atomic E-state index is 11.2. The SMILES string of the molecule is COc1cccc(CCCCCOc2ccc(C=O)c3ccccc23)c1. The molecule has 0 bridgehead atoms. The van der Waals surface area contributed by atoms with Crippen LogP contribution in [0.15, 0.2) is 60.7 Å². The topological polar surface area (TPSA) is 35.5 Å². The summed E-state index contributed by atoms with van der Waals surface area (Å²) in [5.41, 5.74) is 2.01. The van der Waals surface area contributed by atoms with E-state index in [4.69, 9.17) is 9.47 Å². The van der Waals surface area contributed by atoms with Gasteiger partial charge in [-0.1, -0.05) is 36.4 Å². The van der Waals surface area contributed by atoms with E-state index in [0.717, 1.165) is 54.2 Å². The molecule has 0 amide bonds. The maximum Gasteiger partial charge on any atom is 0.150 e. The molecule has 0 spiro atoms. The van der Waals surface area contributed by atoms with E-state index in [-0.39, 0.29) is 0 Å². The molecule has 0 saturated carbocycles. The normalized spacial score (nSPS) is 10.7. The van der Waals surface area contributed by atoms with E-state index in [2.05, 4.69) is 12.1 Å². The number of aldehydes is 1. The Hall–Kier alpha value is -2.81. The minimum atomic E-state index is 0.683. The van der Waals surface area contributed by atoms with E-state index in [9.17, 15) is 4.79 Å². The highest BCUT2D eigenvalue weighted by atomic mass is 16.5. The van der Waals surface area contributed by atoms with E-state index < -0.39 is 0 Å². The van der Waals surface area contributed by atoms with E-state index in [1.54, 1.807) is 7.11 Å². The van der Waals surface area contributed by atoms with Crippen molar-refractivity contribution in [2.75, 3.05) is 13.7 Å². The quantitative estimate of drug-likeness (QED) is 0.381. The average molecular weight is 348 g/mol. The van der Waals surface area contributed by atoms with Gasteiger partial charge in [-0.3, -0.25) is 4.79 Å². The van der Waals surface area contributed by atoms with Crippen LogP contribution >= 0.6 is 0 Å². The van der Waals surface area contributed by atoms with Crippen LogP contribution in [0.2, 0.25) is 0 Å². The fraction of sp³-hybridized carbons (Fsp3) is 0.261. The minimum Gasteiger partial charge on any atom is -0.497 e. The number of carbonyl (C=O) groups is 1. The first-order valence-electron chi connectivity index (χ1n) is 9.04. The van der Waals surface area contributed by atoms with E-state index >= 15 is 0 Å². The second-order valence-corrected chi connectivity index (χ2v) is 6.33. The van der Waals surface area contributed by atoms with Crippen molar-refractivity contribution in [1.29, 1.82) is 0 Å². The zero-order chi connectivity index (χ0) is 18.2. The van der Waals surface area contributed by atoms with Gasteiger partial charge < -0.3 is 9.47 Å². The van der Waals surface area contributed by atoms with Gasteiger partial charge in [-0.25, -0.2) is 0 Å². The molecule has 0 N–H and O–H groups in total. The summed E-state index contributed by atoms with van der Waals surface area (Å²) >= 11 is 0. The molecular weight excluding hydrogens is 324 g/mol. The molecule has 3 aromatic carbocycles. The summed E-state index contributed by atoms with van der Waals surface area (Å²) in [4.78, 5) is 11.2. The molecule has 0 aromatic heterocycles. The zero-order valence-corrected chi connectivity index (χ0v) is 15.1. The first kappa shape index (κ1) is 18.0. The molecule has 0 radical (unpaired) electrons. The standard InChI is InChI=1S/C23H24O3/c1-25-20-10-7-9-18(16-20)8-3-2-6-15-26-23-14-13-19(17-24)21-11-4-5-12-22(21)23/h4-5,7,9-14,16-17H,2-3,6,8,15H2,1H3. The van der Waals surface area contributed by atoms with Gasteiger partial charge in [0.2, 0.25) is 0 Å². The molecule has 0 saturated heterocycles. The Morgan fingerprint density at radius 1 is 0.885 bits per heavy atom. The lowest BCUT2D eigenvalue weighted by atomic mass is 10.0. The molecule has 26 heavy (non-hydrogen) atoms. The molecule has 3 rings (SSSR count). The number of benzene rings is 3. The number of fused-ring (bicyclic) bond motifs is 1. The largest absolute Gasteiger partial charge is 0.497 e. The van der Waals surface area contributed by atoms with Gasteiger partial charge in [-0.2, -0.15) is 0 Å². The van der Waals surface area contributed by atoms with Crippen molar-refractivity contribution in [3.63, 3.8) is 0 Å². The van der Waals surface area contributed by atoms with Gasteiger partial charge in [0, 0.05) is 10.9 Å². The van der Waals surface area contributed by atoms with Crippen molar-refractivity contribution >= 4 is 17.1 Å². The summed E-state index contributed by atoms with van der Waals surface area (Å²) < 4.78 is 11.2. The highest BCUT2D eigenvalue weighted by molar-refractivity contribution is 6.00. The van der Waals surface area contributed by atoms with Crippen LogP contribution in [0.4, 0.5) is 0 Å². The molecule has 3 nitrogen and oxygen atoms in total. The molecule has 0 unspecified atom stereocenters. The Morgan fingerprint density at radius 2 is 1.73 bits per heavy atom. The van der Waals surface area contributed by atoms with Crippen molar-refractivity contribution in [3.8, 4) is 11.5 Å². The molecule has 0 heterocycles. The predicted molar refractivity (Wildman–Crippen MR) is 105 cm³/mol. The molecular formula is C23H24O3. The summed E-state index contributed by atoms with van der Waals surface area (Å²) in [6, 6.07) is 19.8. The lowest BCUT2D eigenvalue weighted by molar-refractivity contribution is 0.112. The molecule has 0 aliphatic rings.